The van der Waals surface area contributed by atoms with Crippen LogP contribution in [0.4, 0.5) is 0 Å². The van der Waals surface area contributed by atoms with Crippen molar-refractivity contribution in [3.63, 3.8) is 0 Å². The maximum atomic E-state index is 9.52. The average molecular weight is 285 g/mol. The third-order valence-corrected chi connectivity index (χ3v) is 3.63. The van der Waals surface area contributed by atoms with Crippen LogP contribution in [0.5, 0.6) is 0 Å². The minimum Gasteiger partial charge on any atom is -0.510 e. The molecule has 17 heavy (non-hydrogen) atoms. The van der Waals surface area contributed by atoms with Crippen LogP contribution in [0.25, 0.3) is 15.8 Å². The number of hydrogen-bond acceptors (Lipinski definition) is 4. The standard InChI is InChI=1S/C11H6Cl2N2OS/c12-4-9(16)7(5-14)11-15-8-3-6(13)1-2-10(8)17-11/h1-3,16H,4H2/b9-7+. The number of nitriles is 1. The van der Waals surface area contributed by atoms with Crippen LogP contribution < -0.4 is 0 Å². The number of thiazole rings is 1. The summed E-state index contributed by atoms with van der Waals surface area (Å²) in [6.45, 7) is 0. The molecule has 0 radical (unpaired) electrons. The minimum absolute atomic E-state index is 0.109. The molecule has 0 atom stereocenters. The molecule has 1 N–H and O–H groups in total. The van der Waals surface area contributed by atoms with Crippen molar-refractivity contribution in [2.75, 3.05) is 5.88 Å². The van der Waals surface area contributed by atoms with Gasteiger partial charge in [0.15, 0.2) is 0 Å². The van der Waals surface area contributed by atoms with Gasteiger partial charge in [-0.1, -0.05) is 11.6 Å². The molecule has 0 aliphatic carbocycles. The number of aliphatic hydroxyl groups excluding tert-OH is 1. The van der Waals surface area contributed by atoms with Gasteiger partial charge in [-0.05, 0) is 18.2 Å². The number of aliphatic hydroxyl groups is 1. The fraction of sp³-hybridized carbons (Fsp3) is 0.0909. The molecular formula is C11H6Cl2N2OS. The van der Waals surface area contributed by atoms with Gasteiger partial charge in [0.05, 0.1) is 16.1 Å². The normalized spacial score (nSPS) is 12.3. The summed E-state index contributed by atoms with van der Waals surface area (Å²) in [6.07, 6.45) is 0. The quantitative estimate of drug-likeness (QED) is 0.516. The van der Waals surface area contributed by atoms with E-state index in [9.17, 15) is 5.11 Å². The maximum absolute atomic E-state index is 9.52. The molecule has 2 rings (SSSR count). The number of nitrogens with zero attached hydrogens (tertiary/aromatic N) is 2. The lowest BCUT2D eigenvalue weighted by Gasteiger charge is -1.95. The van der Waals surface area contributed by atoms with Crippen molar-refractivity contribution in [3.05, 3.63) is 34.0 Å². The smallest absolute Gasteiger partial charge is 0.138 e. The Kier molecular flexibility index (Phi) is 3.53. The number of rotatable bonds is 2. The summed E-state index contributed by atoms with van der Waals surface area (Å²) in [7, 11) is 0. The molecule has 2 aromatic rings. The van der Waals surface area contributed by atoms with Gasteiger partial charge in [-0.3, -0.25) is 0 Å². The Morgan fingerprint density at radius 2 is 2.29 bits per heavy atom. The zero-order valence-corrected chi connectivity index (χ0v) is 10.8. The zero-order valence-electron chi connectivity index (χ0n) is 8.44. The summed E-state index contributed by atoms with van der Waals surface area (Å²) in [6, 6.07) is 7.19. The van der Waals surface area contributed by atoms with E-state index >= 15 is 0 Å². The summed E-state index contributed by atoms with van der Waals surface area (Å²) in [5.41, 5.74) is 0.810. The van der Waals surface area contributed by atoms with Crippen LogP contribution in [0, 0.1) is 11.3 Å². The fourth-order valence-corrected chi connectivity index (χ4v) is 2.57. The number of fused-ring (bicyclic) bond motifs is 1. The van der Waals surface area contributed by atoms with Crippen LogP contribution in [-0.2, 0) is 0 Å². The zero-order chi connectivity index (χ0) is 12.4. The highest BCUT2D eigenvalue weighted by molar-refractivity contribution is 7.19. The highest BCUT2D eigenvalue weighted by atomic mass is 35.5. The molecule has 0 unspecified atom stereocenters. The topological polar surface area (TPSA) is 56.9 Å². The Hall–Kier alpha value is -1.28. The van der Waals surface area contributed by atoms with Gasteiger partial charge in [-0.2, -0.15) is 5.26 Å². The van der Waals surface area contributed by atoms with Crippen LogP contribution in [0.1, 0.15) is 5.01 Å². The molecule has 6 heteroatoms. The molecule has 0 fully saturated rings. The SMILES string of the molecule is N#C/C(=C(\O)CCl)c1nc2cc(Cl)ccc2s1. The lowest BCUT2D eigenvalue weighted by molar-refractivity contribution is 0.420. The van der Waals surface area contributed by atoms with Gasteiger partial charge in [-0.15, -0.1) is 22.9 Å². The molecule has 0 saturated carbocycles. The predicted molar refractivity (Wildman–Crippen MR) is 70.5 cm³/mol. The maximum Gasteiger partial charge on any atom is 0.138 e. The summed E-state index contributed by atoms with van der Waals surface area (Å²) in [5.74, 6) is -0.279. The minimum atomic E-state index is -0.167. The second-order valence-electron chi connectivity index (χ2n) is 3.20. The summed E-state index contributed by atoms with van der Waals surface area (Å²) in [4.78, 5) is 4.25. The molecule has 0 aliphatic heterocycles. The van der Waals surface area contributed by atoms with Crippen molar-refractivity contribution >= 4 is 50.3 Å². The van der Waals surface area contributed by atoms with Gasteiger partial charge in [0, 0.05) is 5.02 Å². The van der Waals surface area contributed by atoms with E-state index in [0.717, 1.165) is 4.70 Å². The molecule has 86 valence electrons. The molecule has 0 spiro atoms. The number of aromatic nitrogens is 1. The fourth-order valence-electron chi connectivity index (χ4n) is 1.31. The van der Waals surface area contributed by atoms with Crippen molar-refractivity contribution in [3.8, 4) is 6.07 Å². The number of allylic oxidation sites excluding steroid dienone is 2. The van der Waals surface area contributed by atoms with Gasteiger partial charge < -0.3 is 5.11 Å². The second-order valence-corrected chi connectivity index (χ2v) is 4.93. The van der Waals surface area contributed by atoms with E-state index in [1.807, 2.05) is 12.1 Å². The molecule has 0 saturated heterocycles. The lowest BCUT2D eigenvalue weighted by atomic mass is 10.2. The Morgan fingerprint density at radius 3 is 2.94 bits per heavy atom. The summed E-state index contributed by atoms with van der Waals surface area (Å²) >= 11 is 12.7. The Labute approximate surface area is 112 Å². The van der Waals surface area contributed by atoms with Crippen LogP contribution in [0.2, 0.25) is 5.02 Å². The third kappa shape index (κ3) is 2.37. The van der Waals surface area contributed by atoms with Crippen molar-refractivity contribution < 1.29 is 5.11 Å². The number of halogens is 2. The first-order chi connectivity index (χ1) is 8.15. The molecule has 0 bridgehead atoms. The van der Waals surface area contributed by atoms with Gasteiger partial charge in [0.25, 0.3) is 0 Å². The Bertz CT molecular complexity index is 642. The van der Waals surface area contributed by atoms with Crippen LogP contribution >= 0.6 is 34.5 Å². The van der Waals surface area contributed by atoms with Crippen molar-refractivity contribution in [2.24, 2.45) is 0 Å². The Balaban J connectivity index is 2.61. The number of hydrogen-bond donors (Lipinski definition) is 1. The van der Waals surface area contributed by atoms with E-state index in [1.54, 1.807) is 12.1 Å². The van der Waals surface area contributed by atoms with Gasteiger partial charge >= 0.3 is 0 Å². The molecule has 1 aromatic carbocycles. The van der Waals surface area contributed by atoms with E-state index < -0.39 is 0 Å². The van der Waals surface area contributed by atoms with Gasteiger partial charge in [-0.25, -0.2) is 4.98 Å². The highest BCUT2D eigenvalue weighted by Gasteiger charge is 2.13. The van der Waals surface area contributed by atoms with Crippen molar-refractivity contribution in [1.82, 2.24) is 4.98 Å². The first-order valence-corrected chi connectivity index (χ1v) is 6.33. The van der Waals surface area contributed by atoms with Gasteiger partial charge in [0.2, 0.25) is 0 Å². The number of alkyl halides is 1. The molecular weight excluding hydrogens is 279 g/mol. The van der Waals surface area contributed by atoms with Crippen molar-refractivity contribution in [1.29, 1.82) is 5.26 Å². The Morgan fingerprint density at radius 1 is 1.53 bits per heavy atom. The van der Waals surface area contributed by atoms with E-state index in [4.69, 9.17) is 28.5 Å². The summed E-state index contributed by atoms with van der Waals surface area (Å²) < 4.78 is 0.902. The van der Waals surface area contributed by atoms with E-state index in [-0.39, 0.29) is 17.2 Å². The average Bonchev–Trinajstić information content (AvgIpc) is 2.72. The third-order valence-electron chi connectivity index (χ3n) is 2.09. The van der Waals surface area contributed by atoms with Gasteiger partial charge in [0.1, 0.15) is 22.4 Å². The largest absolute Gasteiger partial charge is 0.510 e. The molecule has 1 heterocycles. The molecule has 0 amide bonds. The summed E-state index contributed by atoms with van der Waals surface area (Å²) in [5, 5.41) is 19.5. The van der Waals surface area contributed by atoms with Crippen LogP contribution in [0.15, 0.2) is 24.0 Å². The molecule has 1 aromatic heterocycles. The van der Waals surface area contributed by atoms with E-state index in [0.29, 0.717) is 15.5 Å². The van der Waals surface area contributed by atoms with E-state index in [1.165, 1.54) is 11.3 Å². The number of benzene rings is 1. The second kappa shape index (κ2) is 4.92. The monoisotopic (exact) mass is 284 g/mol. The van der Waals surface area contributed by atoms with E-state index in [2.05, 4.69) is 4.98 Å². The van der Waals surface area contributed by atoms with Crippen LogP contribution in [-0.4, -0.2) is 16.0 Å². The molecule has 0 aliphatic rings. The predicted octanol–water partition coefficient (Wildman–Crippen LogP) is 3.98. The first-order valence-electron chi connectivity index (χ1n) is 4.60. The van der Waals surface area contributed by atoms with Crippen LogP contribution in [0.3, 0.4) is 0 Å². The first kappa shape index (κ1) is 12.2. The molecule has 3 nitrogen and oxygen atoms in total. The van der Waals surface area contributed by atoms with Crippen molar-refractivity contribution in [2.45, 2.75) is 0 Å². The lowest BCUT2D eigenvalue weighted by Crippen LogP contribution is -1.90. The highest BCUT2D eigenvalue weighted by Crippen LogP contribution is 2.29.